The fourth-order valence-corrected chi connectivity index (χ4v) is 1.57. The van der Waals surface area contributed by atoms with Crippen molar-refractivity contribution in [1.82, 2.24) is 4.98 Å². The van der Waals surface area contributed by atoms with Crippen molar-refractivity contribution in [2.24, 2.45) is 0 Å². The number of aromatic nitrogens is 1. The summed E-state index contributed by atoms with van der Waals surface area (Å²) >= 11 is 5.81. The lowest BCUT2D eigenvalue weighted by molar-refractivity contribution is 0.530. The van der Waals surface area contributed by atoms with E-state index < -0.39 is 0 Å². The quantitative estimate of drug-likeness (QED) is 0.849. The molecule has 0 saturated heterocycles. The number of nitrogens with zero attached hydrogens (tertiary/aromatic N) is 1. The van der Waals surface area contributed by atoms with E-state index in [0.717, 1.165) is 23.4 Å². The number of benzene rings is 1. The second-order valence-corrected chi connectivity index (χ2v) is 3.62. The summed E-state index contributed by atoms with van der Waals surface area (Å²) in [6.07, 6.45) is 0.766. The summed E-state index contributed by atoms with van der Waals surface area (Å²) in [6, 6.07) is 7.65. The normalized spacial score (nSPS) is 10.5. The van der Waals surface area contributed by atoms with Crippen molar-refractivity contribution in [3.63, 3.8) is 0 Å². The third-order valence-electron chi connectivity index (χ3n) is 2.15. The molecule has 0 radical (unpaired) electrons. The third-order valence-corrected chi connectivity index (χ3v) is 2.40. The van der Waals surface area contributed by atoms with Crippen LogP contribution in [0.2, 0.25) is 5.02 Å². The van der Waals surface area contributed by atoms with Crippen LogP contribution in [-0.2, 0) is 6.42 Å². The zero-order valence-corrected chi connectivity index (χ0v) is 9.08. The summed E-state index contributed by atoms with van der Waals surface area (Å²) in [5.41, 5.74) is 7.29. The highest BCUT2D eigenvalue weighted by Gasteiger charge is 2.11. The van der Waals surface area contributed by atoms with E-state index in [1.165, 1.54) is 0 Å². The van der Waals surface area contributed by atoms with Crippen molar-refractivity contribution in [2.45, 2.75) is 13.3 Å². The van der Waals surface area contributed by atoms with Gasteiger partial charge in [0.05, 0.1) is 0 Å². The predicted molar refractivity (Wildman–Crippen MR) is 60.7 cm³/mol. The first-order valence-corrected chi connectivity index (χ1v) is 5.09. The molecule has 15 heavy (non-hydrogen) atoms. The molecular weight excluding hydrogens is 212 g/mol. The first-order chi connectivity index (χ1) is 7.20. The van der Waals surface area contributed by atoms with Gasteiger partial charge in [-0.1, -0.05) is 30.7 Å². The molecule has 2 N–H and O–H groups in total. The van der Waals surface area contributed by atoms with E-state index in [4.69, 9.17) is 21.8 Å². The van der Waals surface area contributed by atoms with Crippen LogP contribution in [0.1, 0.15) is 12.7 Å². The minimum absolute atomic E-state index is 0.205. The Morgan fingerprint density at radius 3 is 2.60 bits per heavy atom. The molecule has 2 rings (SSSR count). The van der Waals surface area contributed by atoms with E-state index in [-0.39, 0.29) is 6.01 Å². The average molecular weight is 223 g/mol. The molecule has 78 valence electrons. The molecule has 0 fully saturated rings. The second-order valence-electron chi connectivity index (χ2n) is 3.18. The summed E-state index contributed by atoms with van der Waals surface area (Å²) in [6.45, 7) is 2.00. The van der Waals surface area contributed by atoms with Gasteiger partial charge in [0.2, 0.25) is 0 Å². The molecule has 2 aromatic rings. The van der Waals surface area contributed by atoms with Crippen molar-refractivity contribution in [3.05, 3.63) is 35.0 Å². The van der Waals surface area contributed by atoms with Gasteiger partial charge in [-0.05, 0) is 12.1 Å². The van der Waals surface area contributed by atoms with E-state index in [2.05, 4.69) is 4.98 Å². The highest BCUT2D eigenvalue weighted by molar-refractivity contribution is 6.30. The predicted octanol–water partition coefficient (Wildman–Crippen LogP) is 3.14. The molecule has 0 atom stereocenters. The molecule has 0 aliphatic heterocycles. The number of oxazole rings is 1. The molecule has 0 unspecified atom stereocenters. The molecule has 3 nitrogen and oxygen atoms in total. The molecule has 0 bridgehead atoms. The zero-order valence-electron chi connectivity index (χ0n) is 8.33. The van der Waals surface area contributed by atoms with Crippen LogP contribution in [0.5, 0.6) is 0 Å². The zero-order chi connectivity index (χ0) is 10.8. The number of aryl methyl sites for hydroxylation is 1. The average Bonchev–Trinajstić information content (AvgIpc) is 2.61. The van der Waals surface area contributed by atoms with Gasteiger partial charge in [-0.2, -0.15) is 4.98 Å². The van der Waals surface area contributed by atoms with E-state index in [9.17, 15) is 0 Å². The van der Waals surface area contributed by atoms with Crippen LogP contribution in [0, 0.1) is 0 Å². The van der Waals surface area contributed by atoms with Gasteiger partial charge >= 0.3 is 0 Å². The van der Waals surface area contributed by atoms with Gasteiger partial charge in [-0.15, -0.1) is 0 Å². The Bertz CT molecular complexity index is 462. The molecule has 0 spiro atoms. The van der Waals surface area contributed by atoms with Gasteiger partial charge < -0.3 is 10.2 Å². The standard InChI is InChI=1S/C11H11ClN2O/c1-2-9-10(14-11(13)15-9)7-3-5-8(12)6-4-7/h3-6H,2H2,1H3,(H2,13,14). The number of rotatable bonds is 2. The lowest BCUT2D eigenvalue weighted by Crippen LogP contribution is -1.84. The van der Waals surface area contributed by atoms with Gasteiger partial charge in [0.1, 0.15) is 11.5 Å². The van der Waals surface area contributed by atoms with Crippen molar-refractivity contribution < 1.29 is 4.42 Å². The van der Waals surface area contributed by atoms with Crippen LogP contribution in [-0.4, -0.2) is 4.98 Å². The van der Waals surface area contributed by atoms with Crippen LogP contribution in [0.25, 0.3) is 11.3 Å². The monoisotopic (exact) mass is 222 g/mol. The van der Waals surface area contributed by atoms with Gasteiger partial charge in [0.15, 0.2) is 0 Å². The van der Waals surface area contributed by atoms with E-state index in [1.807, 2.05) is 31.2 Å². The Labute approximate surface area is 92.9 Å². The number of nitrogen functional groups attached to an aromatic ring is 1. The maximum atomic E-state index is 5.81. The molecule has 1 heterocycles. The van der Waals surface area contributed by atoms with Crippen molar-refractivity contribution in [2.75, 3.05) is 5.73 Å². The minimum atomic E-state index is 0.205. The van der Waals surface area contributed by atoms with Gasteiger partial charge in [0.25, 0.3) is 6.01 Å². The lowest BCUT2D eigenvalue weighted by Gasteiger charge is -1.98. The lowest BCUT2D eigenvalue weighted by atomic mass is 10.1. The second kappa shape index (κ2) is 3.95. The van der Waals surface area contributed by atoms with Gasteiger partial charge in [0, 0.05) is 17.0 Å². The Morgan fingerprint density at radius 2 is 2.00 bits per heavy atom. The smallest absolute Gasteiger partial charge is 0.292 e. The fraction of sp³-hybridized carbons (Fsp3) is 0.182. The van der Waals surface area contributed by atoms with Crippen LogP contribution >= 0.6 is 11.6 Å². The molecule has 4 heteroatoms. The maximum Gasteiger partial charge on any atom is 0.292 e. The Balaban J connectivity index is 2.48. The largest absolute Gasteiger partial charge is 0.428 e. The van der Waals surface area contributed by atoms with Crippen molar-refractivity contribution >= 4 is 17.6 Å². The summed E-state index contributed by atoms with van der Waals surface area (Å²) in [4.78, 5) is 4.15. The van der Waals surface area contributed by atoms with Gasteiger partial charge in [-0.3, -0.25) is 0 Å². The topological polar surface area (TPSA) is 52.0 Å². The Hall–Kier alpha value is -1.48. The molecule has 0 saturated carbocycles. The number of halogens is 1. The molecule has 0 amide bonds. The van der Waals surface area contributed by atoms with Gasteiger partial charge in [-0.25, -0.2) is 0 Å². The summed E-state index contributed by atoms with van der Waals surface area (Å²) in [7, 11) is 0. The fourth-order valence-electron chi connectivity index (χ4n) is 1.44. The summed E-state index contributed by atoms with van der Waals surface area (Å²) < 4.78 is 5.28. The summed E-state index contributed by atoms with van der Waals surface area (Å²) in [5, 5.41) is 0.702. The molecular formula is C11H11ClN2O. The maximum absolute atomic E-state index is 5.81. The van der Waals surface area contributed by atoms with Crippen LogP contribution < -0.4 is 5.73 Å². The Morgan fingerprint density at radius 1 is 1.33 bits per heavy atom. The minimum Gasteiger partial charge on any atom is -0.428 e. The van der Waals surface area contributed by atoms with E-state index >= 15 is 0 Å². The SMILES string of the molecule is CCc1oc(N)nc1-c1ccc(Cl)cc1. The molecule has 0 aliphatic rings. The Kier molecular flexibility index (Phi) is 2.64. The van der Waals surface area contributed by atoms with Crippen LogP contribution in [0.4, 0.5) is 6.01 Å². The van der Waals surface area contributed by atoms with Crippen molar-refractivity contribution in [1.29, 1.82) is 0 Å². The number of hydrogen-bond donors (Lipinski definition) is 1. The van der Waals surface area contributed by atoms with Crippen LogP contribution in [0.3, 0.4) is 0 Å². The molecule has 1 aromatic carbocycles. The first kappa shape index (κ1) is 10.1. The number of hydrogen-bond acceptors (Lipinski definition) is 3. The molecule has 0 aliphatic carbocycles. The highest BCUT2D eigenvalue weighted by atomic mass is 35.5. The third kappa shape index (κ3) is 1.97. The van der Waals surface area contributed by atoms with Crippen molar-refractivity contribution in [3.8, 4) is 11.3 Å². The van der Waals surface area contributed by atoms with E-state index in [1.54, 1.807) is 0 Å². The molecule has 1 aromatic heterocycles. The number of anilines is 1. The number of nitrogens with two attached hydrogens (primary N) is 1. The first-order valence-electron chi connectivity index (χ1n) is 4.72. The summed E-state index contributed by atoms with van der Waals surface area (Å²) in [5.74, 6) is 0.801. The highest BCUT2D eigenvalue weighted by Crippen LogP contribution is 2.26. The van der Waals surface area contributed by atoms with Crippen LogP contribution in [0.15, 0.2) is 28.7 Å². The van der Waals surface area contributed by atoms with E-state index in [0.29, 0.717) is 5.02 Å².